The lowest BCUT2D eigenvalue weighted by Gasteiger charge is -2.41. The maximum absolute atomic E-state index is 5.60. The maximum Gasteiger partial charge on any atom is 0.203 e. The van der Waals surface area contributed by atoms with E-state index in [2.05, 4.69) is 20.1 Å². The van der Waals surface area contributed by atoms with Crippen molar-refractivity contribution in [1.29, 1.82) is 0 Å². The molecule has 3 rings (SSSR count). The number of aromatic nitrogens is 1. The van der Waals surface area contributed by atoms with Gasteiger partial charge < -0.3 is 24.6 Å². The molecule has 0 saturated carbocycles. The van der Waals surface area contributed by atoms with Crippen LogP contribution >= 0.6 is 0 Å². The van der Waals surface area contributed by atoms with Crippen LogP contribution in [0.15, 0.2) is 41.0 Å². The summed E-state index contributed by atoms with van der Waals surface area (Å²) in [4.78, 5) is 13.2. The van der Waals surface area contributed by atoms with Gasteiger partial charge in [0.25, 0.3) is 0 Å². The summed E-state index contributed by atoms with van der Waals surface area (Å²) in [6, 6.07) is 3.88. The predicted octanol–water partition coefficient (Wildman–Crippen LogP) is 1.33. The predicted molar refractivity (Wildman–Crippen MR) is 88.9 cm³/mol. The summed E-state index contributed by atoms with van der Waals surface area (Å²) in [5.74, 6) is 1.76. The standard InChI is InChI=1S/C16H23N5O2/c1-12-14(22-3)15(19-13-4-6-17-7-5-13)20(2)16(18-12)21-8-10-23-11-9-21/h4-7,15H,8-11H2,1-3H3,(H,17,19). The zero-order chi connectivity index (χ0) is 16.2. The van der Waals surface area contributed by atoms with Gasteiger partial charge in [0.1, 0.15) is 0 Å². The van der Waals surface area contributed by atoms with Crippen LogP contribution in [0.5, 0.6) is 0 Å². The highest BCUT2D eigenvalue weighted by molar-refractivity contribution is 5.83. The number of hydrogen-bond acceptors (Lipinski definition) is 7. The minimum absolute atomic E-state index is 0.113. The smallest absolute Gasteiger partial charge is 0.203 e. The third-order valence-corrected chi connectivity index (χ3v) is 4.07. The lowest BCUT2D eigenvalue weighted by atomic mass is 10.2. The van der Waals surface area contributed by atoms with Crippen LogP contribution in [-0.4, -0.2) is 67.4 Å². The number of pyridine rings is 1. The quantitative estimate of drug-likeness (QED) is 0.907. The van der Waals surface area contributed by atoms with E-state index in [1.54, 1.807) is 19.5 Å². The van der Waals surface area contributed by atoms with Crippen molar-refractivity contribution < 1.29 is 9.47 Å². The molecular formula is C16H23N5O2. The molecule has 1 atom stereocenters. The number of guanidine groups is 1. The third-order valence-electron chi connectivity index (χ3n) is 4.07. The minimum Gasteiger partial charge on any atom is -0.495 e. The molecule has 2 aliphatic rings. The van der Waals surface area contributed by atoms with Crippen LogP contribution in [0.2, 0.25) is 0 Å². The Labute approximate surface area is 136 Å². The summed E-state index contributed by atoms with van der Waals surface area (Å²) >= 11 is 0. The monoisotopic (exact) mass is 317 g/mol. The molecule has 7 nitrogen and oxygen atoms in total. The van der Waals surface area contributed by atoms with Gasteiger partial charge in [-0.15, -0.1) is 0 Å². The van der Waals surface area contributed by atoms with Crippen molar-refractivity contribution in [1.82, 2.24) is 14.8 Å². The zero-order valence-electron chi connectivity index (χ0n) is 13.8. The number of aliphatic imine (C=N–C) groups is 1. The van der Waals surface area contributed by atoms with E-state index in [-0.39, 0.29) is 6.17 Å². The number of morpholine rings is 1. The Hall–Kier alpha value is -2.28. The summed E-state index contributed by atoms with van der Waals surface area (Å²) < 4.78 is 11.0. The van der Waals surface area contributed by atoms with E-state index < -0.39 is 0 Å². The van der Waals surface area contributed by atoms with Gasteiger partial charge in [-0.05, 0) is 19.1 Å². The molecule has 7 heteroatoms. The normalized spacial score (nSPS) is 22.0. The lowest BCUT2D eigenvalue weighted by Crippen LogP contribution is -2.55. The van der Waals surface area contributed by atoms with Gasteiger partial charge in [-0.2, -0.15) is 0 Å². The number of likely N-dealkylation sites (N-methyl/N-ethyl adjacent to an activating group) is 1. The van der Waals surface area contributed by atoms with Gasteiger partial charge in [-0.25, -0.2) is 4.99 Å². The van der Waals surface area contributed by atoms with Crippen LogP contribution in [0.25, 0.3) is 0 Å². The van der Waals surface area contributed by atoms with E-state index in [0.29, 0.717) is 0 Å². The van der Waals surface area contributed by atoms with Gasteiger partial charge >= 0.3 is 0 Å². The summed E-state index contributed by atoms with van der Waals surface area (Å²) in [6.07, 6.45) is 3.42. The fourth-order valence-electron chi connectivity index (χ4n) is 2.86. The van der Waals surface area contributed by atoms with Crippen molar-refractivity contribution in [3.05, 3.63) is 36.0 Å². The van der Waals surface area contributed by atoms with E-state index in [1.807, 2.05) is 26.1 Å². The lowest BCUT2D eigenvalue weighted by molar-refractivity contribution is 0.0608. The van der Waals surface area contributed by atoms with Gasteiger partial charge in [-0.3, -0.25) is 4.98 Å². The van der Waals surface area contributed by atoms with Crippen molar-refractivity contribution in [2.75, 3.05) is 45.8 Å². The molecule has 1 aromatic heterocycles. The van der Waals surface area contributed by atoms with Crippen LogP contribution in [0.4, 0.5) is 5.69 Å². The van der Waals surface area contributed by atoms with Crippen molar-refractivity contribution in [3.63, 3.8) is 0 Å². The van der Waals surface area contributed by atoms with E-state index in [0.717, 1.165) is 49.4 Å². The van der Waals surface area contributed by atoms with Crippen LogP contribution < -0.4 is 5.32 Å². The number of hydrogen-bond donors (Lipinski definition) is 1. The molecule has 1 N–H and O–H groups in total. The second kappa shape index (κ2) is 6.87. The number of nitrogens with one attached hydrogen (secondary N) is 1. The van der Waals surface area contributed by atoms with E-state index in [1.165, 1.54) is 0 Å². The van der Waals surface area contributed by atoms with Gasteiger partial charge in [0.05, 0.1) is 26.0 Å². The molecule has 0 aromatic carbocycles. The van der Waals surface area contributed by atoms with E-state index >= 15 is 0 Å². The number of ether oxygens (including phenoxy) is 2. The molecular weight excluding hydrogens is 294 g/mol. The number of allylic oxidation sites excluding steroid dienone is 1. The zero-order valence-corrected chi connectivity index (χ0v) is 13.8. The second-order valence-electron chi connectivity index (χ2n) is 5.56. The SMILES string of the molecule is COC1=C(C)N=C(N2CCOCC2)N(C)C1Nc1ccncc1. The Morgan fingerprint density at radius 3 is 2.61 bits per heavy atom. The fourth-order valence-corrected chi connectivity index (χ4v) is 2.86. The average molecular weight is 317 g/mol. The first-order valence-corrected chi connectivity index (χ1v) is 7.76. The van der Waals surface area contributed by atoms with Crippen molar-refractivity contribution in [2.24, 2.45) is 4.99 Å². The molecule has 1 unspecified atom stereocenters. The van der Waals surface area contributed by atoms with Crippen molar-refractivity contribution >= 4 is 11.6 Å². The highest BCUT2D eigenvalue weighted by atomic mass is 16.5. The Balaban J connectivity index is 1.87. The molecule has 124 valence electrons. The fraction of sp³-hybridized carbons (Fsp3) is 0.500. The average Bonchev–Trinajstić information content (AvgIpc) is 2.60. The molecule has 23 heavy (non-hydrogen) atoms. The number of nitrogens with zero attached hydrogens (tertiary/aromatic N) is 4. The summed E-state index contributed by atoms with van der Waals surface area (Å²) in [6.45, 7) is 5.14. The molecule has 0 bridgehead atoms. The summed E-state index contributed by atoms with van der Waals surface area (Å²) in [5, 5.41) is 3.50. The first-order chi connectivity index (χ1) is 11.2. The first kappa shape index (κ1) is 15.6. The largest absolute Gasteiger partial charge is 0.495 e. The Morgan fingerprint density at radius 1 is 1.26 bits per heavy atom. The third kappa shape index (κ3) is 3.24. The molecule has 0 radical (unpaired) electrons. The minimum atomic E-state index is -0.113. The Kier molecular flexibility index (Phi) is 4.66. The second-order valence-corrected chi connectivity index (χ2v) is 5.56. The molecule has 0 amide bonds. The van der Waals surface area contributed by atoms with Crippen LogP contribution in [-0.2, 0) is 9.47 Å². The maximum atomic E-state index is 5.60. The Bertz CT molecular complexity index is 596. The number of anilines is 1. The number of rotatable bonds is 3. The highest BCUT2D eigenvalue weighted by Gasteiger charge is 2.32. The van der Waals surface area contributed by atoms with Gasteiger partial charge in [-0.1, -0.05) is 0 Å². The first-order valence-electron chi connectivity index (χ1n) is 7.76. The van der Waals surface area contributed by atoms with Crippen LogP contribution in [0.1, 0.15) is 6.92 Å². The molecule has 0 spiro atoms. The topological polar surface area (TPSA) is 62.2 Å². The molecule has 2 aliphatic heterocycles. The molecule has 1 fully saturated rings. The van der Waals surface area contributed by atoms with E-state index in [4.69, 9.17) is 14.5 Å². The molecule has 1 saturated heterocycles. The number of methoxy groups -OCH3 is 1. The summed E-state index contributed by atoms with van der Waals surface area (Å²) in [5.41, 5.74) is 1.88. The molecule has 0 aliphatic carbocycles. The van der Waals surface area contributed by atoms with Gasteiger partial charge in [0.15, 0.2) is 11.9 Å². The van der Waals surface area contributed by atoms with Gasteiger partial charge in [0, 0.05) is 38.2 Å². The van der Waals surface area contributed by atoms with Crippen LogP contribution in [0, 0.1) is 0 Å². The Morgan fingerprint density at radius 2 is 1.96 bits per heavy atom. The van der Waals surface area contributed by atoms with Gasteiger partial charge in [0.2, 0.25) is 5.96 Å². The van der Waals surface area contributed by atoms with Crippen molar-refractivity contribution in [3.8, 4) is 0 Å². The molecule has 3 heterocycles. The summed E-state index contributed by atoms with van der Waals surface area (Å²) in [7, 11) is 3.71. The molecule has 1 aromatic rings. The van der Waals surface area contributed by atoms with E-state index in [9.17, 15) is 0 Å². The highest BCUT2D eigenvalue weighted by Crippen LogP contribution is 2.24. The van der Waals surface area contributed by atoms with Crippen LogP contribution in [0.3, 0.4) is 0 Å². The van der Waals surface area contributed by atoms with Crippen molar-refractivity contribution in [2.45, 2.75) is 13.1 Å².